The fourth-order valence-electron chi connectivity index (χ4n) is 7.12. The van der Waals surface area contributed by atoms with Crippen LogP contribution >= 0.6 is 0 Å². The van der Waals surface area contributed by atoms with Crippen molar-refractivity contribution in [2.45, 2.75) is 63.1 Å². The fourth-order valence-corrected chi connectivity index (χ4v) is 7.12. The predicted octanol–water partition coefficient (Wildman–Crippen LogP) is 3.84. The van der Waals surface area contributed by atoms with Crippen LogP contribution in [-0.4, -0.2) is 78.1 Å². The van der Waals surface area contributed by atoms with Gasteiger partial charge in [0.25, 0.3) is 5.91 Å². The summed E-state index contributed by atoms with van der Waals surface area (Å²) in [5.74, 6) is 0.946. The molecule has 4 heterocycles. The lowest BCUT2D eigenvalue weighted by molar-refractivity contribution is -0.123. The van der Waals surface area contributed by atoms with Crippen LogP contribution in [0.25, 0.3) is 0 Å². The van der Waals surface area contributed by atoms with Crippen LogP contribution in [0.2, 0.25) is 0 Å². The minimum Gasteiger partial charge on any atom is -0.372 e. The molecule has 9 nitrogen and oxygen atoms in total. The molecule has 3 saturated heterocycles. The third-order valence-corrected chi connectivity index (χ3v) is 9.67. The third kappa shape index (κ3) is 5.05. The van der Waals surface area contributed by atoms with Crippen LogP contribution in [-0.2, 0) is 4.79 Å². The van der Waals surface area contributed by atoms with Crippen LogP contribution in [0.4, 0.5) is 16.2 Å². The molecule has 2 aromatic rings. The smallest absolute Gasteiger partial charge is 0.324 e. The molecule has 7 rings (SSSR count). The summed E-state index contributed by atoms with van der Waals surface area (Å²) in [6.45, 7) is 4.51. The van der Waals surface area contributed by atoms with Crippen molar-refractivity contribution in [2.24, 2.45) is 5.92 Å². The van der Waals surface area contributed by atoms with Gasteiger partial charge in [0.2, 0.25) is 5.91 Å². The largest absolute Gasteiger partial charge is 0.372 e. The van der Waals surface area contributed by atoms with Gasteiger partial charge in [-0.15, -0.1) is 0 Å². The van der Waals surface area contributed by atoms with Gasteiger partial charge in [-0.05, 0) is 86.3 Å². The van der Waals surface area contributed by atoms with Gasteiger partial charge in [-0.1, -0.05) is 12.1 Å². The molecule has 216 valence electrons. The minimum absolute atomic E-state index is 0.00813. The normalized spacial score (nSPS) is 25.5. The molecule has 0 aromatic heterocycles. The Morgan fingerprint density at radius 1 is 0.878 bits per heavy atom. The number of fused-ring (bicyclic) bond motifs is 1. The molecular formula is C32H39N5O4. The number of aliphatic hydroxyl groups excluding tert-OH is 1. The van der Waals surface area contributed by atoms with Crippen LogP contribution in [0, 0.1) is 5.92 Å². The summed E-state index contributed by atoms with van der Waals surface area (Å²) >= 11 is 0. The van der Waals surface area contributed by atoms with Gasteiger partial charge in [0.05, 0.1) is 6.04 Å². The number of benzene rings is 2. The molecule has 4 amide bonds. The van der Waals surface area contributed by atoms with E-state index in [2.05, 4.69) is 34.5 Å². The molecule has 1 aliphatic carbocycles. The summed E-state index contributed by atoms with van der Waals surface area (Å²) in [6.07, 6.45) is 5.42. The van der Waals surface area contributed by atoms with E-state index in [9.17, 15) is 19.5 Å². The molecule has 0 radical (unpaired) electrons. The van der Waals surface area contributed by atoms with E-state index in [-0.39, 0.29) is 23.9 Å². The van der Waals surface area contributed by atoms with Crippen molar-refractivity contribution < 1.29 is 19.5 Å². The minimum atomic E-state index is -0.993. The Bertz CT molecular complexity index is 1340. The van der Waals surface area contributed by atoms with Crippen molar-refractivity contribution in [3.8, 4) is 0 Å². The number of nitrogens with one attached hydrogen (secondary N) is 1. The van der Waals surface area contributed by atoms with Gasteiger partial charge >= 0.3 is 6.03 Å². The van der Waals surface area contributed by atoms with E-state index in [1.165, 1.54) is 23.3 Å². The first-order valence-electron chi connectivity index (χ1n) is 15.3. The molecule has 9 heteroatoms. The van der Waals surface area contributed by atoms with Crippen molar-refractivity contribution in [1.82, 2.24) is 15.1 Å². The molecule has 5 aliphatic rings. The number of nitrogens with zero attached hydrogens (tertiary/aromatic N) is 4. The Kier molecular flexibility index (Phi) is 6.85. The summed E-state index contributed by atoms with van der Waals surface area (Å²) < 4.78 is 0. The number of rotatable bonds is 6. The quantitative estimate of drug-likeness (QED) is 0.563. The van der Waals surface area contributed by atoms with Crippen LogP contribution in [0.5, 0.6) is 0 Å². The van der Waals surface area contributed by atoms with Gasteiger partial charge < -0.3 is 25.1 Å². The van der Waals surface area contributed by atoms with E-state index in [4.69, 9.17) is 0 Å². The zero-order chi connectivity index (χ0) is 28.1. The van der Waals surface area contributed by atoms with Crippen molar-refractivity contribution in [1.29, 1.82) is 0 Å². The second-order valence-corrected chi connectivity index (χ2v) is 12.4. The predicted molar refractivity (Wildman–Crippen MR) is 156 cm³/mol. The molecule has 0 bridgehead atoms. The number of urea groups is 1. The SMILES string of the molecule is O=C1CCC(N2C(=O)c3ccc(N4CCC(CN5CCCN(c6cccc(C7CC7)c6)C5=O)CC4)cc3C2O)CN1. The zero-order valence-electron chi connectivity index (χ0n) is 23.5. The second-order valence-electron chi connectivity index (χ2n) is 12.4. The summed E-state index contributed by atoms with van der Waals surface area (Å²) in [4.78, 5) is 46.0. The molecule has 0 spiro atoms. The van der Waals surface area contributed by atoms with E-state index in [1.54, 1.807) is 0 Å². The monoisotopic (exact) mass is 557 g/mol. The van der Waals surface area contributed by atoms with Crippen LogP contribution in [0.1, 0.15) is 78.6 Å². The number of aliphatic hydroxyl groups is 1. The summed E-state index contributed by atoms with van der Waals surface area (Å²) in [5.41, 5.74) is 4.60. The molecule has 2 N–H and O–H groups in total. The number of amides is 4. The maximum atomic E-state index is 13.5. The maximum absolute atomic E-state index is 13.5. The van der Waals surface area contributed by atoms with E-state index >= 15 is 0 Å². The summed E-state index contributed by atoms with van der Waals surface area (Å²) in [6, 6.07) is 14.3. The average Bonchev–Trinajstić information content (AvgIpc) is 3.82. The van der Waals surface area contributed by atoms with Gasteiger partial charge in [0.1, 0.15) is 0 Å². The van der Waals surface area contributed by atoms with E-state index < -0.39 is 6.23 Å². The van der Waals surface area contributed by atoms with Crippen molar-refractivity contribution in [3.63, 3.8) is 0 Å². The topological polar surface area (TPSA) is 96.4 Å². The standard InChI is InChI=1S/C32H39N5O4/c38-29-10-8-26(19-33-29)37-30(39)27-9-7-24(18-28(27)31(37)40)34-15-11-21(12-16-34)20-35-13-2-14-36(32(35)41)25-4-1-3-23(17-25)22-5-6-22/h1,3-4,7,9,17-18,21-22,26,31,40H,2,5-6,8,10-16,19-20H2,(H,33,38). The maximum Gasteiger partial charge on any atom is 0.324 e. The molecule has 1 saturated carbocycles. The first-order valence-corrected chi connectivity index (χ1v) is 15.3. The number of carbonyl (C=O) groups is 3. The van der Waals surface area contributed by atoms with Crippen molar-refractivity contribution in [3.05, 3.63) is 59.2 Å². The highest BCUT2D eigenvalue weighted by Crippen LogP contribution is 2.41. The number of carbonyl (C=O) groups excluding carboxylic acids is 3. The number of hydrogen-bond donors (Lipinski definition) is 2. The highest BCUT2D eigenvalue weighted by molar-refractivity contribution is 6.00. The lowest BCUT2D eigenvalue weighted by Crippen LogP contribution is -2.51. The third-order valence-electron chi connectivity index (χ3n) is 9.67. The lowest BCUT2D eigenvalue weighted by atomic mass is 9.95. The number of piperidine rings is 2. The first kappa shape index (κ1) is 26.3. The van der Waals surface area contributed by atoms with Gasteiger partial charge in [-0.3, -0.25) is 14.5 Å². The van der Waals surface area contributed by atoms with Crippen LogP contribution < -0.4 is 15.1 Å². The molecule has 2 atom stereocenters. The number of anilines is 2. The molecule has 2 unspecified atom stereocenters. The molecular weight excluding hydrogens is 518 g/mol. The summed E-state index contributed by atoms with van der Waals surface area (Å²) in [7, 11) is 0. The van der Waals surface area contributed by atoms with E-state index in [0.29, 0.717) is 42.3 Å². The Labute approximate surface area is 241 Å². The Hall–Kier alpha value is -3.59. The van der Waals surface area contributed by atoms with E-state index in [1.807, 2.05) is 28.0 Å². The molecule has 41 heavy (non-hydrogen) atoms. The highest BCUT2D eigenvalue weighted by atomic mass is 16.3. The Balaban J connectivity index is 0.964. The Morgan fingerprint density at radius 3 is 2.46 bits per heavy atom. The lowest BCUT2D eigenvalue weighted by Gasteiger charge is -2.40. The van der Waals surface area contributed by atoms with Gasteiger partial charge in [-0.2, -0.15) is 0 Å². The first-order chi connectivity index (χ1) is 20.0. The molecule has 2 aromatic carbocycles. The van der Waals surface area contributed by atoms with Crippen LogP contribution in [0.3, 0.4) is 0 Å². The summed E-state index contributed by atoms with van der Waals surface area (Å²) in [5, 5.41) is 13.9. The average molecular weight is 558 g/mol. The van der Waals surface area contributed by atoms with Crippen molar-refractivity contribution >= 4 is 29.2 Å². The molecule has 4 aliphatic heterocycles. The second kappa shape index (κ2) is 10.7. The van der Waals surface area contributed by atoms with Gasteiger partial charge in [0, 0.05) is 68.2 Å². The zero-order valence-corrected chi connectivity index (χ0v) is 23.5. The highest BCUT2D eigenvalue weighted by Gasteiger charge is 2.41. The Morgan fingerprint density at radius 2 is 1.71 bits per heavy atom. The van der Waals surface area contributed by atoms with Gasteiger partial charge in [0.15, 0.2) is 6.23 Å². The van der Waals surface area contributed by atoms with E-state index in [0.717, 1.165) is 63.4 Å². The van der Waals surface area contributed by atoms with Crippen molar-refractivity contribution in [2.75, 3.05) is 49.1 Å². The van der Waals surface area contributed by atoms with Crippen LogP contribution in [0.15, 0.2) is 42.5 Å². The number of hydrogen-bond acceptors (Lipinski definition) is 5. The fraction of sp³-hybridized carbons (Fsp3) is 0.531. The van der Waals surface area contributed by atoms with Gasteiger partial charge in [-0.25, -0.2) is 4.79 Å². The molecule has 4 fully saturated rings.